The van der Waals surface area contributed by atoms with Crippen molar-refractivity contribution in [2.75, 3.05) is 16.2 Å². The number of amides is 1. The molecule has 0 bridgehead atoms. The molecule has 0 saturated carbocycles. The van der Waals surface area contributed by atoms with E-state index in [1.54, 1.807) is 54.6 Å². The number of anilines is 2. The van der Waals surface area contributed by atoms with E-state index in [0.717, 1.165) is 18.4 Å². The average molecular weight is 461 g/mol. The van der Waals surface area contributed by atoms with Crippen LogP contribution < -0.4 is 9.62 Å². The summed E-state index contributed by atoms with van der Waals surface area (Å²) >= 11 is 3.17. The fourth-order valence-corrected chi connectivity index (χ4v) is 5.08. The molecule has 1 amide bonds. The second-order valence-electron chi connectivity index (χ2n) is 6.40. The number of nitrogens with zero attached hydrogens (tertiary/aromatic N) is 1. The van der Waals surface area contributed by atoms with Gasteiger partial charge in [0.15, 0.2) is 10.4 Å². The predicted molar refractivity (Wildman–Crippen MR) is 110 cm³/mol. The van der Waals surface area contributed by atoms with Crippen LogP contribution in [0.25, 0.3) is 0 Å². The number of nitrogens with one attached hydrogen (secondary N) is 1. The number of fused-ring (bicyclic) bond motifs is 1. The maximum Gasteiger partial charge on any atom is 0.291 e. The van der Waals surface area contributed by atoms with Gasteiger partial charge >= 0.3 is 0 Å². The molecule has 1 aliphatic rings. The normalized spacial score (nSPS) is 13.8. The number of benzene rings is 2. The Hall–Kier alpha value is -2.58. The van der Waals surface area contributed by atoms with Crippen LogP contribution >= 0.6 is 15.9 Å². The van der Waals surface area contributed by atoms with Crippen molar-refractivity contribution in [3.05, 3.63) is 76.7 Å². The van der Waals surface area contributed by atoms with Gasteiger partial charge < -0.3 is 9.73 Å². The third kappa shape index (κ3) is 3.57. The van der Waals surface area contributed by atoms with E-state index < -0.39 is 15.9 Å². The highest BCUT2D eigenvalue weighted by molar-refractivity contribution is 9.10. The Morgan fingerprint density at radius 3 is 2.57 bits per heavy atom. The third-order valence-corrected chi connectivity index (χ3v) is 6.80. The summed E-state index contributed by atoms with van der Waals surface area (Å²) in [6, 6.07) is 16.9. The molecule has 1 aliphatic heterocycles. The number of sulfonamides is 1. The topological polar surface area (TPSA) is 79.6 Å². The maximum atomic E-state index is 13.1. The van der Waals surface area contributed by atoms with Crippen LogP contribution in [0.15, 0.2) is 74.6 Å². The average Bonchev–Trinajstić information content (AvgIpc) is 3.14. The van der Waals surface area contributed by atoms with Gasteiger partial charge in [0.25, 0.3) is 15.9 Å². The summed E-state index contributed by atoms with van der Waals surface area (Å²) in [6.45, 7) is 0.396. The number of aryl methyl sites for hydroxylation is 1. The molecular weight excluding hydrogens is 444 g/mol. The molecule has 6 nitrogen and oxygen atoms in total. The Morgan fingerprint density at radius 2 is 1.86 bits per heavy atom. The third-order valence-electron chi connectivity index (χ3n) is 4.55. The van der Waals surface area contributed by atoms with E-state index in [0.29, 0.717) is 22.6 Å². The molecule has 0 aliphatic carbocycles. The lowest BCUT2D eigenvalue weighted by Gasteiger charge is -2.31. The molecule has 28 heavy (non-hydrogen) atoms. The van der Waals surface area contributed by atoms with Crippen molar-refractivity contribution in [3.63, 3.8) is 0 Å². The van der Waals surface area contributed by atoms with Gasteiger partial charge in [0.05, 0.1) is 10.6 Å². The molecule has 4 rings (SSSR count). The number of carbonyl (C=O) groups excluding carboxylic acids is 1. The van der Waals surface area contributed by atoms with Crippen LogP contribution in [0.1, 0.15) is 22.5 Å². The highest BCUT2D eigenvalue weighted by Crippen LogP contribution is 2.34. The lowest BCUT2D eigenvalue weighted by molar-refractivity contribution is 0.0995. The first-order valence-corrected chi connectivity index (χ1v) is 11.0. The molecule has 8 heteroatoms. The number of halogens is 1. The molecule has 0 fully saturated rings. The van der Waals surface area contributed by atoms with E-state index in [1.807, 2.05) is 6.07 Å². The van der Waals surface area contributed by atoms with E-state index in [-0.39, 0.29) is 10.7 Å². The summed E-state index contributed by atoms with van der Waals surface area (Å²) in [6.07, 6.45) is 1.53. The standard InChI is InChI=1S/C20H17BrN2O4S/c21-19-11-10-18(27-19)20(24)22-15-9-8-14-5-4-12-23(17(14)13-15)28(25,26)16-6-2-1-3-7-16/h1-3,6-11,13H,4-5,12H2,(H,22,24). The number of carbonyl (C=O) groups is 1. The molecule has 0 unspecified atom stereocenters. The Bertz CT molecular complexity index is 1130. The minimum absolute atomic E-state index is 0.165. The summed E-state index contributed by atoms with van der Waals surface area (Å²) in [5, 5.41) is 2.76. The van der Waals surface area contributed by atoms with Gasteiger partial charge in [-0.1, -0.05) is 24.3 Å². The molecule has 1 N–H and O–H groups in total. The van der Waals surface area contributed by atoms with Gasteiger partial charge in [-0.3, -0.25) is 9.10 Å². The largest absolute Gasteiger partial charge is 0.444 e. The zero-order chi connectivity index (χ0) is 19.7. The minimum Gasteiger partial charge on any atom is -0.444 e. The van der Waals surface area contributed by atoms with Crippen molar-refractivity contribution in [2.24, 2.45) is 0 Å². The predicted octanol–water partition coefficient (Wildman–Crippen LogP) is 4.44. The van der Waals surface area contributed by atoms with E-state index in [2.05, 4.69) is 21.2 Å². The molecule has 2 aromatic carbocycles. The number of hydrogen-bond acceptors (Lipinski definition) is 4. The van der Waals surface area contributed by atoms with Crippen LogP contribution in [0.4, 0.5) is 11.4 Å². The van der Waals surface area contributed by atoms with Crippen molar-refractivity contribution >= 4 is 43.2 Å². The Labute approximate surface area is 171 Å². The van der Waals surface area contributed by atoms with Gasteiger partial charge in [0.2, 0.25) is 0 Å². The zero-order valence-electron chi connectivity index (χ0n) is 14.8. The lowest BCUT2D eigenvalue weighted by atomic mass is 10.0. The molecule has 1 aromatic heterocycles. The van der Waals surface area contributed by atoms with Crippen molar-refractivity contribution in [1.82, 2.24) is 0 Å². The Balaban J connectivity index is 1.67. The zero-order valence-corrected chi connectivity index (χ0v) is 17.2. The number of hydrogen-bond donors (Lipinski definition) is 1. The monoisotopic (exact) mass is 460 g/mol. The second-order valence-corrected chi connectivity index (χ2v) is 9.04. The van der Waals surface area contributed by atoms with Gasteiger partial charge in [0, 0.05) is 12.2 Å². The molecule has 144 valence electrons. The Kier molecular flexibility index (Phi) is 4.99. The fourth-order valence-electron chi connectivity index (χ4n) is 3.22. The maximum absolute atomic E-state index is 13.1. The second kappa shape index (κ2) is 7.44. The molecule has 0 saturated heterocycles. The highest BCUT2D eigenvalue weighted by atomic mass is 79.9. The van der Waals surface area contributed by atoms with E-state index in [4.69, 9.17) is 4.42 Å². The van der Waals surface area contributed by atoms with E-state index in [1.165, 1.54) is 4.31 Å². The molecular formula is C20H17BrN2O4S. The molecule has 0 radical (unpaired) electrons. The highest BCUT2D eigenvalue weighted by Gasteiger charge is 2.29. The molecule has 0 spiro atoms. The molecule has 0 atom stereocenters. The molecule has 2 heterocycles. The fraction of sp³-hybridized carbons (Fsp3) is 0.150. The first-order chi connectivity index (χ1) is 13.4. The summed E-state index contributed by atoms with van der Waals surface area (Å²) in [4.78, 5) is 12.6. The van der Waals surface area contributed by atoms with Crippen molar-refractivity contribution in [2.45, 2.75) is 17.7 Å². The summed E-state index contributed by atoms with van der Waals surface area (Å²) in [7, 11) is -3.67. The number of rotatable bonds is 4. The summed E-state index contributed by atoms with van der Waals surface area (Å²) in [5.41, 5.74) is 2.03. The van der Waals surface area contributed by atoms with Gasteiger partial charge in [-0.2, -0.15) is 0 Å². The van der Waals surface area contributed by atoms with Gasteiger partial charge in [0.1, 0.15) is 0 Å². The first kappa shape index (κ1) is 18.8. The Morgan fingerprint density at radius 1 is 1.07 bits per heavy atom. The van der Waals surface area contributed by atoms with E-state index >= 15 is 0 Å². The van der Waals surface area contributed by atoms with Crippen LogP contribution in [0, 0.1) is 0 Å². The lowest BCUT2D eigenvalue weighted by Crippen LogP contribution is -2.35. The van der Waals surface area contributed by atoms with Crippen LogP contribution in [-0.2, 0) is 16.4 Å². The van der Waals surface area contributed by atoms with Gasteiger partial charge in [-0.15, -0.1) is 0 Å². The SMILES string of the molecule is O=C(Nc1ccc2c(c1)N(S(=O)(=O)c1ccccc1)CCC2)c1ccc(Br)o1. The first-order valence-electron chi connectivity index (χ1n) is 8.72. The van der Waals surface area contributed by atoms with Crippen LogP contribution in [0.2, 0.25) is 0 Å². The van der Waals surface area contributed by atoms with Crippen LogP contribution in [-0.4, -0.2) is 20.9 Å². The molecule has 3 aromatic rings. The van der Waals surface area contributed by atoms with Crippen molar-refractivity contribution < 1.29 is 17.6 Å². The van der Waals surface area contributed by atoms with Gasteiger partial charge in [-0.25, -0.2) is 8.42 Å². The number of furan rings is 1. The summed E-state index contributed by atoms with van der Waals surface area (Å²) < 4.78 is 33.4. The van der Waals surface area contributed by atoms with Crippen LogP contribution in [0.3, 0.4) is 0 Å². The van der Waals surface area contributed by atoms with Gasteiger partial charge in [-0.05, 0) is 70.7 Å². The quantitative estimate of drug-likeness (QED) is 0.623. The van der Waals surface area contributed by atoms with E-state index in [9.17, 15) is 13.2 Å². The van der Waals surface area contributed by atoms with Crippen molar-refractivity contribution in [1.29, 1.82) is 0 Å². The van der Waals surface area contributed by atoms with Crippen molar-refractivity contribution in [3.8, 4) is 0 Å². The smallest absolute Gasteiger partial charge is 0.291 e. The summed E-state index contributed by atoms with van der Waals surface area (Å²) in [5.74, 6) is -0.239. The van der Waals surface area contributed by atoms with Crippen LogP contribution in [0.5, 0.6) is 0 Å². The minimum atomic E-state index is -3.67.